The molecule has 0 radical (unpaired) electrons. The van der Waals surface area contributed by atoms with Crippen LogP contribution < -0.4 is 15.7 Å². The van der Waals surface area contributed by atoms with Gasteiger partial charge in [0.15, 0.2) is 0 Å². The average Bonchev–Trinajstić information content (AvgIpc) is 3.05. The summed E-state index contributed by atoms with van der Waals surface area (Å²) in [6.07, 6.45) is 3.24. The Hall–Kier alpha value is -3.80. The number of benzene rings is 3. The lowest BCUT2D eigenvalue weighted by molar-refractivity contribution is -0.111. The van der Waals surface area contributed by atoms with E-state index in [2.05, 4.69) is 15.3 Å². The summed E-state index contributed by atoms with van der Waals surface area (Å²) in [5, 5.41) is 4.93. The molecule has 0 aliphatic carbocycles. The molecule has 0 aliphatic heterocycles. The van der Waals surface area contributed by atoms with E-state index in [0.29, 0.717) is 16.7 Å². The van der Waals surface area contributed by atoms with Gasteiger partial charge in [-0.3, -0.25) is 4.79 Å². The third-order valence-corrected chi connectivity index (χ3v) is 4.28. The van der Waals surface area contributed by atoms with Crippen molar-refractivity contribution in [3.05, 3.63) is 76.7 Å². The fourth-order valence-electron chi connectivity index (χ4n) is 2.94. The smallest absolute Gasteiger partial charge is 0.323 e. The van der Waals surface area contributed by atoms with Gasteiger partial charge in [-0.25, -0.2) is 4.79 Å². The molecule has 0 bridgehead atoms. The monoisotopic (exact) mass is 359 g/mol. The van der Waals surface area contributed by atoms with Crippen molar-refractivity contribution in [3.8, 4) is 5.75 Å². The number of imidazole rings is 1. The van der Waals surface area contributed by atoms with Crippen molar-refractivity contribution < 1.29 is 9.53 Å². The summed E-state index contributed by atoms with van der Waals surface area (Å²) in [7, 11) is 1.64. The van der Waals surface area contributed by atoms with Gasteiger partial charge in [0.05, 0.1) is 18.1 Å². The first-order chi connectivity index (χ1) is 13.1. The molecule has 0 saturated carbocycles. The van der Waals surface area contributed by atoms with Crippen LogP contribution in [0.2, 0.25) is 0 Å². The zero-order valence-electron chi connectivity index (χ0n) is 14.6. The topological polar surface area (TPSA) is 87.0 Å². The van der Waals surface area contributed by atoms with Gasteiger partial charge in [-0.05, 0) is 58.8 Å². The number of hydrogen-bond acceptors (Lipinski definition) is 3. The number of nitrogens with one attached hydrogen (secondary N) is 3. The maximum absolute atomic E-state index is 12.2. The van der Waals surface area contributed by atoms with Crippen molar-refractivity contribution in [2.24, 2.45) is 0 Å². The number of carbonyl (C=O) groups excluding carboxylic acids is 1. The minimum atomic E-state index is -0.276. The van der Waals surface area contributed by atoms with E-state index in [4.69, 9.17) is 4.74 Å². The molecule has 27 heavy (non-hydrogen) atoms. The minimum absolute atomic E-state index is 0.248. The fourth-order valence-corrected chi connectivity index (χ4v) is 2.94. The number of fused-ring (bicyclic) bond motifs is 2. The van der Waals surface area contributed by atoms with Gasteiger partial charge in [-0.1, -0.05) is 18.2 Å². The van der Waals surface area contributed by atoms with E-state index in [-0.39, 0.29) is 11.6 Å². The Morgan fingerprint density at radius 1 is 0.963 bits per heavy atom. The normalized spacial score (nSPS) is 11.3. The van der Waals surface area contributed by atoms with Crippen molar-refractivity contribution in [1.29, 1.82) is 0 Å². The number of rotatable bonds is 4. The Morgan fingerprint density at radius 2 is 1.74 bits per heavy atom. The maximum atomic E-state index is 12.2. The van der Waals surface area contributed by atoms with E-state index in [0.717, 1.165) is 22.1 Å². The van der Waals surface area contributed by atoms with E-state index in [9.17, 15) is 9.59 Å². The van der Waals surface area contributed by atoms with Gasteiger partial charge in [0.1, 0.15) is 5.75 Å². The highest BCUT2D eigenvalue weighted by atomic mass is 16.5. The van der Waals surface area contributed by atoms with E-state index in [1.54, 1.807) is 31.4 Å². The van der Waals surface area contributed by atoms with E-state index < -0.39 is 0 Å². The summed E-state index contributed by atoms with van der Waals surface area (Å²) in [4.78, 5) is 28.8. The van der Waals surface area contributed by atoms with Crippen LogP contribution in [-0.4, -0.2) is 23.0 Å². The Morgan fingerprint density at radius 3 is 2.59 bits per heavy atom. The lowest BCUT2D eigenvalue weighted by Crippen LogP contribution is -2.07. The van der Waals surface area contributed by atoms with Crippen molar-refractivity contribution in [2.45, 2.75) is 0 Å². The molecule has 1 heterocycles. The van der Waals surface area contributed by atoms with Crippen molar-refractivity contribution in [2.75, 3.05) is 12.4 Å². The van der Waals surface area contributed by atoms with Gasteiger partial charge >= 0.3 is 5.69 Å². The second kappa shape index (κ2) is 6.84. The van der Waals surface area contributed by atoms with Gasteiger partial charge in [0.2, 0.25) is 5.91 Å². The molecule has 3 aromatic carbocycles. The second-order valence-electron chi connectivity index (χ2n) is 6.13. The highest BCUT2D eigenvalue weighted by Gasteiger charge is 2.03. The van der Waals surface area contributed by atoms with E-state index >= 15 is 0 Å². The van der Waals surface area contributed by atoms with Gasteiger partial charge in [-0.2, -0.15) is 0 Å². The third-order valence-electron chi connectivity index (χ3n) is 4.28. The molecule has 0 atom stereocenters. The largest absolute Gasteiger partial charge is 0.497 e. The van der Waals surface area contributed by atoms with Crippen LogP contribution in [0.3, 0.4) is 0 Å². The SMILES string of the molecule is COc1ccc2cc(/C=C/C(=O)Nc3ccc4[nH]c(=O)[nH]c4c3)ccc2c1. The molecule has 6 nitrogen and oxygen atoms in total. The Bertz CT molecular complexity index is 1230. The van der Waals surface area contributed by atoms with Crippen LogP contribution in [-0.2, 0) is 4.79 Å². The fraction of sp³-hybridized carbons (Fsp3) is 0.0476. The van der Waals surface area contributed by atoms with Gasteiger partial charge in [-0.15, -0.1) is 0 Å². The molecule has 0 saturated heterocycles. The summed E-state index contributed by atoms with van der Waals surface area (Å²) in [5.74, 6) is 0.563. The first kappa shape index (κ1) is 16.7. The molecule has 0 aliphatic rings. The zero-order chi connectivity index (χ0) is 18.8. The highest BCUT2D eigenvalue weighted by molar-refractivity contribution is 6.03. The third kappa shape index (κ3) is 3.59. The molecule has 0 unspecified atom stereocenters. The molecule has 134 valence electrons. The molecular weight excluding hydrogens is 342 g/mol. The standard InChI is InChI=1S/C21H17N3O3/c1-27-17-7-5-14-10-13(2-4-15(14)11-17)3-9-20(25)22-16-6-8-18-19(12-16)24-21(26)23-18/h2-12H,1H3,(H,22,25)(H2,23,24,26)/b9-3+. The number of H-pyrrole nitrogens is 2. The number of carbonyl (C=O) groups is 1. The Labute approximate surface area is 154 Å². The predicted octanol–water partition coefficient (Wildman–Crippen LogP) is 3.67. The summed E-state index contributed by atoms with van der Waals surface area (Å²) < 4.78 is 5.23. The first-order valence-corrected chi connectivity index (χ1v) is 8.40. The molecule has 4 rings (SSSR count). The maximum Gasteiger partial charge on any atom is 0.323 e. The number of hydrogen-bond donors (Lipinski definition) is 3. The van der Waals surface area contributed by atoms with Crippen molar-refractivity contribution in [3.63, 3.8) is 0 Å². The lowest BCUT2D eigenvalue weighted by atomic mass is 10.1. The molecule has 0 fully saturated rings. The van der Waals surface area contributed by atoms with Crippen LogP contribution in [0.4, 0.5) is 5.69 Å². The van der Waals surface area contributed by atoms with Gasteiger partial charge < -0.3 is 20.0 Å². The molecule has 3 N–H and O–H groups in total. The van der Waals surface area contributed by atoms with Crippen LogP contribution in [0.1, 0.15) is 5.56 Å². The first-order valence-electron chi connectivity index (χ1n) is 8.40. The summed E-state index contributed by atoms with van der Waals surface area (Å²) in [5.41, 5.74) is 2.60. The molecule has 4 aromatic rings. The number of ether oxygens (including phenoxy) is 1. The van der Waals surface area contributed by atoms with Crippen LogP contribution in [0.25, 0.3) is 27.9 Å². The van der Waals surface area contributed by atoms with Crippen molar-refractivity contribution >= 4 is 39.5 Å². The van der Waals surface area contributed by atoms with Crippen LogP contribution in [0.15, 0.2) is 65.5 Å². The predicted molar refractivity (Wildman–Crippen MR) is 107 cm³/mol. The molecule has 0 spiro atoms. The van der Waals surface area contributed by atoms with Crippen LogP contribution >= 0.6 is 0 Å². The number of anilines is 1. The summed E-state index contributed by atoms with van der Waals surface area (Å²) in [6.45, 7) is 0. The number of amides is 1. The van der Waals surface area contributed by atoms with E-state index in [1.807, 2.05) is 36.4 Å². The molecular formula is C21H17N3O3. The van der Waals surface area contributed by atoms with Gasteiger partial charge in [0.25, 0.3) is 0 Å². The molecule has 6 heteroatoms. The zero-order valence-corrected chi connectivity index (χ0v) is 14.6. The molecule has 1 amide bonds. The quantitative estimate of drug-likeness (QED) is 0.486. The lowest BCUT2D eigenvalue weighted by Gasteiger charge is -2.04. The summed E-state index contributed by atoms with van der Waals surface area (Å²) >= 11 is 0. The van der Waals surface area contributed by atoms with E-state index in [1.165, 1.54) is 6.08 Å². The van der Waals surface area contributed by atoms with Gasteiger partial charge in [0, 0.05) is 11.8 Å². The number of aromatic nitrogens is 2. The van der Waals surface area contributed by atoms with Crippen LogP contribution in [0, 0.1) is 0 Å². The van der Waals surface area contributed by atoms with Crippen LogP contribution in [0.5, 0.6) is 5.75 Å². The summed E-state index contributed by atoms with van der Waals surface area (Å²) in [6, 6.07) is 17.0. The highest BCUT2D eigenvalue weighted by Crippen LogP contribution is 2.22. The number of methoxy groups -OCH3 is 1. The number of aromatic amines is 2. The Balaban J connectivity index is 1.50. The molecule has 1 aromatic heterocycles. The van der Waals surface area contributed by atoms with Crippen molar-refractivity contribution in [1.82, 2.24) is 9.97 Å². The second-order valence-corrected chi connectivity index (χ2v) is 6.13. The Kier molecular flexibility index (Phi) is 4.22. The average molecular weight is 359 g/mol. The minimum Gasteiger partial charge on any atom is -0.497 e.